The van der Waals surface area contributed by atoms with Crippen LogP contribution < -0.4 is 0 Å². The summed E-state index contributed by atoms with van der Waals surface area (Å²) in [5, 5.41) is 0. The van der Waals surface area contributed by atoms with Gasteiger partial charge in [-0.3, -0.25) is 11.8 Å². The first-order chi connectivity index (χ1) is 5.71. The number of amides is 1. The Morgan fingerprint density at radius 3 is 1.56 bits per heavy atom. The minimum absolute atomic E-state index is 0. The molecule has 1 amide bonds. The third-order valence-corrected chi connectivity index (χ3v) is 2.79. The molecule has 0 spiro atoms. The zero-order valence-electron chi connectivity index (χ0n) is 10.3. The number of carbonyl (C=O) groups excluding carboxylic acids is 1. The summed E-state index contributed by atoms with van der Waals surface area (Å²) in [6.45, 7) is 11.9. The standard InChI is InChI=1S/C11H21NO.2CH4.V/c1-8(2)10(13)12(7)11(5,6)9(3)4;;;/h1-7H3;2*1H4;/q-2;;;+2. The number of nitrogens with zero attached hydrogens (tertiary/aromatic N) is 1. The molecule has 0 saturated heterocycles. The maximum Gasteiger partial charge on any atom is 2.00 e. The molecule has 1 radical (unpaired) electrons. The summed E-state index contributed by atoms with van der Waals surface area (Å²) in [7, 11) is 1.85. The van der Waals surface area contributed by atoms with Gasteiger partial charge >= 0.3 is 18.6 Å². The van der Waals surface area contributed by atoms with E-state index in [4.69, 9.17) is 0 Å². The number of hydrogen-bond donors (Lipinski definition) is 0. The van der Waals surface area contributed by atoms with E-state index in [9.17, 15) is 4.79 Å². The largest absolute Gasteiger partial charge is 2.00 e. The molecular weight excluding hydrogens is 237 g/mol. The van der Waals surface area contributed by atoms with Crippen molar-refractivity contribution >= 4 is 5.91 Å². The number of carbonyl (C=O) groups is 1. The molecule has 0 fully saturated rings. The van der Waals surface area contributed by atoms with Gasteiger partial charge in [0.15, 0.2) is 0 Å². The summed E-state index contributed by atoms with van der Waals surface area (Å²) in [6.07, 6.45) is 0. The molecule has 0 atom stereocenters. The molecule has 3 heteroatoms. The molecule has 0 rings (SSSR count). The number of hydrogen-bond acceptors (Lipinski definition) is 1. The van der Waals surface area contributed by atoms with Crippen molar-refractivity contribution in [2.45, 2.75) is 61.9 Å². The average molecular weight is 266 g/mol. The van der Waals surface area contributed by atoms with Crippen LogP contribution in [0.3, 0.4) is 0 Å². The Hall–Kier alpha value is -0.0756. The maximum atomic E-state index is 11.7. The first-order valence-electron chi connectivity index (χ1n) is 4.60. The average Bonchev–Trinajstić information content (AvgIpc) is 2.01. The second-order valence-corrected chi connectivity index (χ2v) is 4.42. The SMILES string of the molecule is C.C.C[C-](C)C(=O)N(C)C(C)(C)[C-](C)C.[V+2]. The Kier molecular flexibility index (Phi) is 14.0. The summed E-state index contributed by atoms with van der Waals surface area (Å²) in [4.78, 5) is 13.5. The van der Waals surface area contributed by atoms with E-state index in [1.54, 1.807) is 4.90 Å². The fourth-order valence-corrected chi connectivity index (χ4v) is 0.925. The van der Waals surface area contributed by atoms with Gasteiger partial charge in [0.1, 0.15) is 0 Å². The molecule has 0 unspecified atom stereocenters. The zero-order chi connectivity index (χ0) is 10.8. The van der Waals surface area contributed by atoms with E-state index in [0.717, 1.165) is 5.92 Å². The molecular formula is C13H29NOV. The van der Waals surface area contributed by atoms with E-state index in [1.807, 2.05) is 20.9 Å². The van der Waals surface area contributed by atoms with Crippen LogP contribution in [0.1, 0.15) is 56.4 Å². The third kappa shape index (κ3) is 5.86. The quantitative estimate of drug-likeness (QED) is 0.713. The van der Waals surface area contributed by atoms with Gasteiger partial charge in [-0.05, 0) is 0 Å². The van der Waals surface area contributed by atoms with Crippen molar-refractivity contribution in [2.75, 3.05) is 7.05 Å². The molecule has 0 aliphatic carbocycles. The molecule has 0 aliphatic heterocycles. The Balaban J connectivity index is -0.000000240. The first kappa shape index (κ1) is 24.9. The van der Waals surface area contributed by atoms with Gasteiger partial charge in [-0.15, -0.1) is 0 Å². The fraction of sp³-hybridized carbons (Fsp3) is 0.769. The topological polar surface area (TPSA) is 20.3 Å². The van der Waals surface area contributed by atoms with Crippen LogP contribution in [-0.4, -0.2) is 23.4 Å². The molecule has 2 nitrogen and oxygen atoms in total. The van der Waals surface area contributed by atoms with Crippen molar-refractivity contribution in [3.63, 3.8) is 0 Å². The summed E-state index contributed by atoms with van der Waals surface area (Å²) in [5.41, 5.74) is -0.158. The van der Waals surface area contributed by atoms with E-state index in [1.165, 1.54) is 5.92 Å². The van der Waals surface area contributed by atoms with Crippen molar-refractivity contribution in [1.82, 2.24) is 4.90 Å². The predicted octanol–water partition coefficient (Wildman–Crippen LogP) is 3.72. The number of rotatable bonds is 3. The van der Waals surface area contributed by atoms with Crippen LogP contribution in [-0.2, 0) is 23.4 Å². The summed E-state index contributed by atoms with van der Waals surface area (Å²) < 4.78 is 0. The van der Waals surface area contributed by atoms with Gasteiger partial charge < -0.3 is 9.69 Å². The van der Waals surface area contributed by atoms with Crippen LogP contribution in [0.15, 0.2) is 0 Å². The Labute approximate surface area is 115 Å². The summed E-state index contributed by atoms with van der Waals surface area (Å²) in [6, 6.07) is 0. The predicted molar refractivity (Wildman–Crippen MR) is 69.5 cm³/mol. The molecule has 0 aromatic rings. The summed E-state index contributed by atoms with van der Waals surface area (Å²) >= 11 is 0. The van der Waals surface area contributed by atoms with Crippen molar-refractivity contribution in [2.24, 2.45) is 0 Å². The van der Waals surface area contributed by atoms with Crippen molar-refractivity contribution in [3.05, 3.63) is 11.8 Å². The van der Waals surface area contributed by atoms with Crippen LogP contribution in [0.4, 0.5) is 0 Å². The molecule has 0 bridgehead atoms. The summed E-state index contributed by atoms with van der Waals surface area (Å²) in [5.74, 6) is 2.19. The Morgan fingerprint density at radius 2 is 1.38 bits per heavy atom. The van der Waals surface area contributed by atoms with E-state index < -0.39 is 0 Å². The van der Waals surface area contributed by atoms with Crippen LogP contribution in [0.2, 0.25) is 0 Å². The molecule has 0 heterocycles. The second kappa shape index (κ2) is 9.01. The normalized spacial score (nSPS) is 9.50. The molecule has 0 aromatic carbocycles. The van der Waals surface area contributed by atoms with E-state index in [0.29, 0.717) is 0 Å². The van der Waals surface area contributed by atoms with E-state index in [-0.39, 0.29) is 44.9 Å². The van der Waals surface area contributed by atoms with Crippen molar-refractivity contribution < 1.29 is 23.4 Å². The van der Waals surface area contributed by atoms with Crippen LogP contribution >= 0.6 is 0 Å². The molecule has 0 N–H and O–H groups in total. The Morgan fingerprint density at radius 1 is 1.06 bits per heavy atom. The van der Waals surface area contributed by atoms with Crippen LogP contribution in [0.5, 0.6) is 0 Å². The Bertz CT molecular complexity index is 188. The van der Waals surface area contributed by atoms with Crippen LogP contribution in [0, 0.1) is 11.8 Å². The van der Waals surface area contributed by atoms with Gasteiger partial charge in [-0.1, -0.05) is 34.2 Å². The monoisotopic (exact) mass is 266 g/mol. The van der Waals surface area contributed by atoms with Gasteiger partial charge in [0.05, 0.1) is 5.91 Å². The minimum Gasteiger partial charge on any atom is -0.394 e. The van der Waals surface area contributed by atoms with Gasteiger partial charge in [-0.2, -0.15) is 27.7 Å². The maximum absolute atomic E-state index is 11.7. The molecule has 16 heavy (non-hydrogen) atoms. The molecule has 0 saturated carbocycles. The van der Waals surface area contributed by atoms with Gasteiger partial charge in [0.25, 0.3) is 0 Å². The van der Waals surface area contributed by atoms with E-state index in [2.05, 4.69) is 27.7 Å². The fourth-order valence-electron chi connectivity index (χ4n) is 0.925. The van der Waals surface area contributed by atoms with Gasteiger partial charge in [0.2, 0.25) is 0 Å². The zero-order valence-corrected chi connectivity index (χ0v) is 11.7. The molecule has 0 aliphatic rings. The molecule has 0 aromatic heterocycles. The van der Waals surface area contributed by atoms with Crippen LogP contribution in [0.25, 0.3) is 0 Å². The van der Waals surface area contributed by atoms with Gasteiger partial charge in [0, 0.05) is 7.05 Å². The minimum atomic E-state index is -0.158. The first-order valence-corrected chi connectivity index (χ1v) is 4.60. The van der Waals surface area contributed by atoms with E-state index >= 15 is 0 Å². The van der Waals surface area contributed by atoms with Crippen molar-refractivity contribution in [1.29, 1.82) is 0 Å². The van der Waals surface area contributed by atoms with Crippen molar-refractivity contribution in [3.8, 4) is 0 Å². The third-order valence-electron chi connectivity index (χ3n) is 2.79. The molecule has 97 valence electrons. The smallest absolute Gasteiger partial charge is 0.394 e. The van der Waals surface area contributed by atoms with Gasteiger partial charge in [-0.25, -0.2) is 0 Å². The second-order valence-electron chi connectivity index (χ2n) is 4.42.